The van der Waals surface area contributed by atoms with Gasteiger partial charge >= 0.3 is 0 Å². The maximum Gasteiger partial charge on any atom is 0.165 e. The molecule has 0 fully saturated rings. The minimum Gasteiger partial charge on any atom is -0.493 e. The SMILES string of the molecule is CCN(CC)CCOc1c(CNC)cc(Cl)cc1OC. The lowest BCUT2D eigenvalue weighted by atomic mass is 10.2. The molecule has 0 bridgehead atoms. The van der Waals surface area contributed by atoms with Crippen molar-refractivity contribution in [1.82, 2.24) is 10.2 Å². The van der Waals surface area contributed by atoms with E-state index in [0.29, 0.717) is 23.9 Å². The molecular formula is C15H25ClN2O2. The molecule has 1 aromatic rings. The number of rotatable bonds is 9. The lowest BCUT2D eigenvalue weighted by Gasteiger charge is -2.20. The molecule has 1 aromatic carbocycles. The zero-order valence-electron chi connectivity index (χ0n) is 12.8. The predicted octanol–water partition coefficient (Wildman–Crippen LogP) is 2.79. The van der Waals surface area contributed by atoms with Gasteiger partial charge in [-0.2, -0.15) is 0 Å². The molecule has 1 rings (SSSR count). The number of nitrogens with zero attached hydrogens (tertiary/aromatic N) is 1. The van der Waals surface area contributed by atoms with Gasteiger partial charge in [-0.1, -0.05) is 25.4 Å². The Morgan fingerprint density at radius 2 is 1.95 bits per heavy atom. The van der Waals surface area contributed by atoms with Crippen LogP contribution < -0.4 is 14.8 Å². The Hall–Kier alpha value is -0.970. The van der Waals surface area contributed by atoms with E-state index in [9.17, 15) is 0 Å². The molecule has 0 atom stereocenters. The summed E-state index contributed by atoms with van der Waals surface area (Å²) in [6.45, 7) is 8.59. The van der Waals surface area contributed by atoms with Crippen LogP contribution in [0.4, 0.5) is 0 Å². The number of hydrogen-bond acceptors (Lipinski definition) is 4. The van der Waals surface area contributed by atoms with Gasteiger partial charge in [0.1, 0.15) is 6.61 Å². The Morgan fingerprint density at radius 3 is 2.50 bits per heavy atom. The summed E-state index contributed by atoms with van der Waals surface area (Å²) in [6, 6.07) is 3.70. The van der Waals surface area contributed by atoms with E-state index < -0.39 is 0 Å². The van der Waals surface area contributed by atoms with E-state index in [-0.39, 0.29) is 0 Å². The molecule has 0 aliphatic rings. The van der Waals surface area contributed by atoms with Crippen LogP contribution in [-0.2, 0) is 6.54 Å². The third-order valence-corrected chi connectivity index (χ3v) is 3.45. The molecule has 0 spiro atoms. The topological polar surface area (TPSA) is 33.7 Å². The summed E-state index contributed by atoms with van der Waals surface area (Å²) in [4.78, 5) is 2.32. The van der Waals surface area contributed by atoms with E-state index in [2.05, 4.69) is 24.1 Å². The highest BCUT2D eigenvalue weighted by atomic mass is 35.5. The van der Waals surface area contributed by atoms with Gasteiger partial charge in [-0.15, -0.1) is 0 Å². The van der Waals surface area contributed by atoms with Crippen LogP contribution in [0.2, 0.25) is 5.02 Å². The Kier molecular flexibility index (Phi) is 7.73. The maximum absolute atomic E-state index is 6.09. The van der Waals surface area contributed by atoms with Gasteiger partial charge in [0, 0.05) is 29.7 Å². The molecule has 0 aliphatic carbocycles. The quantitative estimate of drug-likeness (QED) is 0.760. The molecule has 0 amide bonds. The molecule has 4 nitrogen and oxygen atoms in total. The molecule has 0 aromatic heterocycles. The van der Waals surface area contributed by atoms with Crippen molar-refractivity contribution in [1.29, 1.82) is 0 Å². The molecule has 5 heteroatoms. The van der Waals surface area contributed by atoms with Crippen LogP contribution in [0.15, 0.2) is 12.1 Å². The second-order valence-corrected chi connectivity index (χ2v) is 4.94. The summed E-state index contributed by atoms with van der Waals surface area (Å²) in [6.07, 6.45) is 0. The molecule has 0 aliphatic heterocycles. The standard InChI is InChI=1S/C15H25ClN2O2/c1-5-18(6-2)7-8-20-15-12(11-17-3)9-13(16)10-14(15)19-4/h9-10,17H,5-8,11H2,1-4H3. The summed E-state index contributed by atoms with van der Waals surface area (Å²) in [5.41, 5.74) is 1.01. The van der Waals surface area contributed by atoms with Crippen LogP contribution in [0, 0.1) is 0 Å². The van der Waals surface area contributed by atoms with Crippen LogP contribution >= 0.6 is 11.6 Å². The van der Waals surface area contributed by atoms with E-state index >= 15 is 0 Å². The third kappa shape index (κ3) is 4.85. The van der Waals surface area contributed by atoms with E-state index in [1.807, 2.05) is 13.1 Å². The first-order valence-corrected chi connectivity index (χ1v) is 7.40. The molecule has 0 saturated carbocycles. The molecule has 1 N–H and O–H groups in total. The average Bonchev–Trinajstić information content (AvgIpc) is 2.45. The highest BCUT2D eigenvalue weighted by molar-refractivity contribution is 6.30. The van der Waals surface area contributed by atoms with Crippen molar-refractivity contribution < 1.29 is 9.47 Å². The highest BCUT2D eigenvalue weighted by Gasteiger charge is 2.13. The number of ether oxygens (including phenoxy) is 2. The minimum atomic E-state index is 0.635. The van der Waals surface area contributed by atoms with Crippen molar-refractivity contribution in [3.63, 3.8) is 0 Å². The van der Waals surface area contributed by atoms with Gasteiger partial charge in [-0.05, 0) is 26.2 Å². The monoisotopic (exact) mass is 300 g/mol. The van der Waals surface area contributed by atoms with E-state index in [4.69, 9.17) is 21.1 Å². The Balaban J connectivity index is 2.80. The average molecular weight is 301 g/mol. The molecular weight excluding hydrogens is 276 g/mol. The summed E-state index contributed by atoms with van der Waals surface area (Å²) >= 11 is 6.09. The first kappa shape index (κ1) is 17.1. The predicted molar refractivity (Wildman–Crippen MR) is 84.1 cm³/mol. The zero-order valence-corrected chi connectivity index (χ0v) is 13.6. The summed E-state index contributed by atoms with van der Waals surface area (Å²) < 4.78 is 11.3. The lowest BCUT2D eigenvalue weighted by Crippen LogP contribution is -2.28. The number of nitrogens with one attached hydrogen (secondary N) is 1. The van der Waals surface area contributed by atoms with Crippen molar-refractivity contribution in [3.05, 3.63) is 22.7 Å². The zero-order chi connectivity index (χ0) is 15.0. The largest absolute Gasteiger partial charge is 0.493 e. The fourth-order valence-corrected chi connectivity index (χ4v) is 2.31. The van der Waals surface area contributed by atoms with Gasteiger partial charge in [0.2, 0.25) is 0 Å². The van der Waals surface area contributed by atoms with Gasteiger partial charge in [0.05, 0.1) is 7.11 Å². The fraction of sp³-hybridized carbons (Fsp3) is 0.600. The maximum atomic E-state index is 6.09. The number of hydrogen-bond donors (Lipinski definition) is 1. The van der Waals surface area contributed by atoms with Crippen molar-refractivity contribution in [3.8, 4) is 11.5 Å². The van der Waals surface area contributed by atoms with Crippen molar-refractivity contribution in [2.24, 2.45) is 0 Å². The highest BCUT2D eigenvalue weighted by Crippen LogP contribution is 2.34. The molecule has 0 unspecified atom stereocenters. The van der Waals surface area contributed by atoms with Gasteiger partial charge in [-0.25, -0.2) is 0 Å². The molecule has 0 heterocycles. The van der Waals surface area contributed by atoms with Crippen LogP contribution in [0.25, 0.3) is 0 Å². The van der Waals surface area contributed by atoms with Crippen molar-refractivity contribution in [2.45, 2.75) is 20.4 Å². The Morgan fingerprint density at radius 1 is 1.25 bits per heavy atom. The number of likely N-dealkylation sites (N-methyl/N-ethyl adjacent to an activating group) is 1. The van der Waals surface area contributed by atoms with E-state index in [0.717, 1.165) is 30.9 Å². The second kappa shape index (κ2) is 9.06. The van der Waals surface area contributed by atoms with Crippen LogP contribution in [-0.4, -0.2) is 45.3 Å². The van der Waals surface area contributed by atoms with Gasteiger partial charge in [0.15, 0.2) is 11.5 Å². The smallest absolute Gasteiger partial charge is 0.165 e. The summed E-state index contributed by atoms with van der Waals surface area (Å²) in [7, 11) is 3.53. The first-order chi connectivity index (χ1) is 9.65. The second-order valence-electron chi connectivity index (χ2n) is 4.50. The van der Waals surface area contributed by atoms with Crippen LogP contribution in [0.1, 0.15) is 19.4 Å². The third-order valence-electron chi connectivity index (χ3n) is 3.23. The fourth-order valence-electron chi connectivity index (χ4n) is 2.08. The minimum absolute atomic E-state index is 0.635. The summed E-state index contributed by atoms with van der Waals surface area (Å²) in [5.74, 6) is 1.46. The van der Waals surface area contributed by atoms with Gasteiger partial charge < -0.3 is 19.7 Å². The molecule has 0 radical (unpaired) electrons. The molecule has 0 saturated heterocycles. The van der Waals surface area contributed by atoms with Gasteiger partial charge in [-0.3, -0.25) is 0 Å². The first-order valence-electron chi connectivity index (χ1n) is 7.02. The number of benzene rings is 1. The Bertz CT molecular complexity index is 409. The van der Waals surface area contributed by atoms with E-state index in [1.54, 1.807) is 13.2 Å². The molecule has 20 heavy (non-hydrogen) atoms. The number of halogens is 1. The summed E-state index contributed by atoms with van der Waals surface area (Å²) in [5, 5.41) is 3.78. The molecule has 114 valence electrons. The van der Waals surface area contributed by atoms with Crippen LogP contribution in [0.5, 0.6) is 11.5 Å². The van der Waals surface area contributed by atoms with Crippen molar-refractivity contribution in [2.75, 3.05) is 40.4 Å². The van der Waals surface area contributed by atoms with Gasteiger partial charge in [0.25, 0.3) is 0 Å². The lowest BCUT2D eigenvalue weighted by molar-refractivity contribution is 0.215. The van der Waals surface area contributed by atoms with Crippen LogP contribution in [0.3, 0.4) is 0 Å². The Labute approximate surface area is 127 Å². The van der Waals surface area contributed by atoms with E-state index in [1.165, 1.54) is 0 Å². The van der Waals surface area contributed by atoms with Crippen molar-refractivity contribution >= 4 is 11.6 Å². The normalized spacial score (nSPS) is 10.9. The number of methoxy groups -OCH3 is 1.